The molecule has 0 radical (unpaired) electrons. The summed E-state index contributed by atoms with van der Waals surface area (Å²) in [6.07, 6.45) is 7.97. The maximum Gasteiger partial charge on any atom is 0.246 e. The SMILES string of the molecule is C=CC(=O)N1CCC[C@@H](Oc2nc(Nc3ccc(N4CCN(CC)CC4)cc3)nc3[nH]cc(-c4cncc(NC)n4)c23)C1. The van der Waals surface area contributed by atoms with Gasteiger partial charge in [-0.1, -0.05) is 13.5 Å². The third kappa shape index (κ3) is 6.24. The monoisotopic (exact) mass is 582 g/mol. The second-order valence-electron chi connectivity index (χ2n) is 10.8. The van der Waals surface area contributed by atoms with Gasteiger partial charge in [-0.25, -0.2) is 4.98 Å². The van der Waals surface area contributed by atoms with Gasteiger partial charge >= 0.3 is 0 Å². The molecule has 3 aromatic heterocycles. The highest BCUT2D eigenvalue weighted by atomic mass is 16.5. The van der Waals surface area contributed by atoms with Gasteiger partial charge in [0.2, 0.25) is 17.7 Å². The fraction of sp³-hybridized carbons (Fsp3) is 0.387. The summed E-state index contributed by atoms with van der Waals surface area (Å²) >= 11 is 0. The predicted octanol–water partition coefficient (Wildman–Crippen LogP) is 3.90. The lowest BCUT2D eigenvalue weighted by Gasteiger charge is -2.35. The Balaban J connectivity index is 1.29. The molecule has 2 fully saturated rings. The third-order valence-corrected chi connectivity index (χ3v) is 8.12. The van der Waals surface area contributed by atoms with E-state index in [1.807, 2.05) is 6.20 Å². The Morgan fingerprint density at radius 1 is 1.12 bits per heavy atom. The molecule has 224 valence electrons. The molecular weight excluding hydrogens is 544 g/mol. The Morgan fingerprint density at radius 2 is 1.93 bits per heavy atom. The fourth-order valence-electron chi connectivity index (χ4n) is 5.69. The van der Waals surface area contributed by atoms with Crippen molar-refractivity contribution in [2.24, 2.45) is 0 Å². The van der Waals surface area contributed by atoms with Crippen molar-refractivity contribution in [3.8, 4) is 17.1 Å². The Labute approximate surface area is 251 Å². The molecule has 1 aromatic carbocycles. The van der Waals surface area contributed by atoms with Gasteiger partial charge in [-0.3, -0.25) is 9.78 Å². The number of amides is 1. The number of likely N-dealkylation sites (tertiary alicyclic amines) is 1. The van der Waals surface area contributed by atoms with Crippen LogP contribution in [0.4, 0.5) is 23.1 Å². The molecule has 0 bridgehead atoms. The van der Waals surface area contributed by atoms with Crippen LogP contribution in [0.1, 0.15) is 19.8 Å². The van der Waals surface area contributed by atoms with E-state index in [-0.39, 0.29) is 12.0 Å². The number of hydrogen-bond acceptors (Lipinski definition) is 10. The molecule has 0 saturated carbocycles. The molecule has 12 heteroatoms. The Bertz CT molecular complexity index is 1580. The zero-order valence-electron chi connectivity index (χ0n) is 24.7. The zero-order chi connectivity index (χ0) is 29.8. The van der Waals surface area contributed by atoms with Crippen molar-refractivity contribution in [1.82, 2.24) is 34.7 Å². The van der Waals surface area contributed by atoms with Gasteiger partial charge < -0.3 is 35.1 Å². The summed E-state index contributed by atoms with van der Waals surface area (Å²) < 4.78 is 6.55. The Morgan fingerprint density at radius 3 is 2.67 bits per heavy atom. The lowest BCUT2D eigenvalue weighted by molar-refractivity contribution is -0.128. The summed E-state index contributed by atoms with van der Waals surface area (Å²) in [5.41, 5.74) is 4.13. The second-order valence-corrected chi connectivity index (χ2v) is 10.8. The smallest absolute Gasteiger partial charge is 0.246 e. The first kappa shape index (κ1) is 28.4. The van der Waals surface area contributed by atoms with Crippen LogP contribution in [0, 0.1) is 0 Å². The average molecular weight is 583 g/mol. The van der Waals surface area contributed by atoms with Gasteiger partial charge in [-0.15, -0.1) is 0 Å². The minimum absolute atomic E-state index is 0.0966. The maximum atomic E-state index is 12.3. The van der Waals surface area contributed by atoms with Crippen LogP contribution < -0.4 is 20.3 Å². The molecule has 0 spiro atoms. The quantitative estimate of drug-likeness (QED) is 0.250. The summed E-state index contributed by atoms with van der Waals surface area (Å²) in [6, 6.07) is 8.36. The summed E-state index contributed by atoms with van der Waals surface area (Å²) in [6.45, 7) is 12.3. The van der Waals surface area contributed by atoms with Crippen LogP contribution in [0.5, 0.6) is 5.88 Å². The van der Waals surface area contributed by atoms with Crippen molar-refractivity contribution in [2.75, 3.05) is 68.4 Å². The highest BCUT2D eigenvalue weighted by Gasteiger charge is 2.26. The van der Waals surface area contributed by atoms with Crippen LogP contribution >= 0.6 is 0 Å². The van der Waals surface area contributed by atoms with E-state index in [9.17, 15) is 4.79 Å². The summed E-state index contributed by atoms with van der Waals surface area (Å²) in [5.74, 6) is 1.38. The van der Waals surface area contributed by atoms with Crippen LogP contribution in [0.2, 0.25) is 0 Å². The van der Waals surface area contributed by atoms with E-state index in [4.69, 9.17) is 14.7 Å². The highest BCUT2D eigenvalue weighted by molar-refractivity contribution is 5.97. The predicted molar refractivity (Wildman–Crippen MR) is 169 cm³/mol. The molecule has 43 heavy (non-hydrogen) atoms. The Kier molecular flexibility index (Phi) is 8.36. The number of piperazine rings is 1. The van der Waals surface area contributed by atoms with Crippen molar-refractivity contribution in [1.29, 1.82) is 0 Å². The number of piperidine rings is 1. The van der Waals surface area contributed by atoms with E-state index < -0.39 is 0 Å². The van der Waals surface area contributed by atoms with E-state index in [1.165, 1.54) is 11.8 Å². The number of carbonyl (C=O) groups excluding carboxylic acids is 1. The van der Waals surface area contributed by atoms with E-state index in [0.29, 0.717) is 47.5 Å². The number of rotatable bonds is 9. The molecule has 2 aliphatic rings. The number of anilines is 4. The number of nitrogens with one attached hydrogen (secondary N) is 3. The normalized spacial score (nSPS) is 17.6. The first-order valence-corrected chi connectivity index (χ1v) is 14.9. The second kappa shape index (κ2) is 12.7. The summed E-state index contributed by atoms with van der Waals surface area (Å²) in [4.78, 5) is 40.9. The number of aromatic amines is 1. The molecule has 2 aliphatic heterocycles. The van der Waals surface area contributed by atoms with E-state index in [1.54, 1.807) is 24.3 Å². The summed E-state index contributed by atoms with van der Waals surface area (Å²) in [5, 5.41) is 7.11. The van der Waals surface area contributed by atoms with Crippen molar-refractivity contribution < 1.29 is 9.53 Å². The largest absolute Gasteiger partial charge is 0.472 e. The summed E-state index contributed by atoms with van der Waals surface area (Å²) in [7, 11) is 1.80. The minimum Gasteiger partial charge on any atom is -0.472 e. The molecule has 0 unspecified atom stereocenters. The highest BCUT2D eigenvalue weighted by Crippen LogP contribution is 2.35. The Hall–Kier alpha value is -4.71. The number of ether oxygens (including phenoxy) is 1. The van der Waals surface area contributed by atoms with Gasteiger partial charge in [0.05, 0.1) is 30.0 Å². The van der Waals surface area contributed by atoms with Crippen molar-refractivity contribution in [2.45, 2.75) is 25.9 Å². The van der Waals surface area contributed by atoms with E-state index in [0.717, 1.165) is 56.8 Å². The molecule has 1 atom stereocenters. The van der Waals surface area contributed by atoms with Crippen molar-refractivity contribution in [3.05, 3.63) is 55.5 Å². The van der Waals surface area contributed by atoms with Crippen LogP contribution in [0.25, 0.3) is 22.3 Å². The molecule has 1 amide bonds. The first-order valence-electron chi connectivity index (χ1n) is 14.9. The molecule has 4 aromatic rings. The molecular formula is C31H38N10O2. The van der Waals surface area contributed by atoms with Crippen LogP contribution in [0.15, 0.2) is 55.5 Å². The minimum atomic E-state index is -0.228. The van der Waals surface area contributed by atoms with Crippen molar-refractivity contribution >= 4 is 40.1 Å². The van der Waals surface area contributed by atoms with Gasteiger partial charge in [0.25, 0.3) is 0 Å². The van der Waals surface area contributed by atoms with Crippen LogP contribution in [0.3, 0.4) is 0 Å². The van der Waals surface area contributed by atoms with E-state index in [2.05, 4.69) is 73.2 Å². The number of benzene rings is 1. The van der Waals surface area contributed by atoms with Crippen LogP contribution in [-0.4, -0.2) is 99.6 Å². The molecule has 6 rings (SSSR count). The van der Waals surface area contributed by atoms with E-state index >= 15 is 0 Å². The zero-order valence-corrected chi connectivity index (χ0v) is 24.7. The number of hydrogen-bond donors (Lipinski definition) is 3. The molecule has 2 saturated heterocycles. The van der Waals surface area contributed by atoms with Crippen LogP contribution in [-0.2, 0) is 4.79 Å². The number of likely N-dealkylation sites (N-methyl/N-ethyl adjacent to an activating group) is 1. The van der Waals surface area contributed by atoms with Gasteiger partial charge in [-0.2, -0.15) is 9.97 Å². The number of nitrogens with zero attached hydrogens (tertiary/aromatic N) is 7. The number of carbonyl (C=O) groups is 1. The lowest BCUT2D eigenvalue weighted by Crippen LogP contribution is -2.46. The van der Waals surface area contributed by atoms with Crippen molar-refractivity contribution in [3.63, 3.8) is 0 Å². The lowest BCUT2D eigenvalue weighted by atomic mass is 10.1. The average Bonchev–Trinajstić information content (AvgIpc) is 3.49. The number of aromatic nitrogens is 5. The van der Waals surface area contributed by atoms with Gasteiger partial charge in [0.1, 0.15) is 17.6 Å². The molecule has 3 N–H and O–H groups in total. The molecule has 5 heterocycles. The molecule has 0 aliphatic carbocycles. The fourth-order valence-corrected chi connectivity index (χ4v) is 5.69. The topological polar surface area (TPSA) is 127 Å². The van der Waals surface area contributed by atoms with Gasteiger partial charge in [-0.05, 0) is 49.7 Å². The standard InChI is InChI=1S/C31H38N10O2/c1-4-27(42)41-12-6-7-23(20-41)43-30-28-24(25-18-33-19-26(32-3)36-25)17-34-29(28)37-31(38-30)35-21-8-10-22(11-9-21)40-15-13-39(5-2)14-16-40/h4,8-11,17-19,23H,1,5-7,12-16,20H2,2-3H3,(H,32,36)(H2,34,35,37,38)/t23-/m1/s1. The molecule has 12 nitrogen and oxygen atoms in total. The third-order valence-electron chi connectivity index (χ3n) is 8.12. The maximum absolute atomic E-state index is 12.3. The number of H-pyrrole nitrogens is 1. The number of fused-ring (bicyclic) bond motifs is 1. The van der Waals surface area contributed by atoms with Gasteiger partial charge in [0, 0.05) is 62.9 Å². The first-order chi connectivity index (χ1) is 21.0. The van der Waals surface area contributed by atoms with Gasteiger partial charge in [0.15, 0.2) is 0 Å².